The van der Waals surface area contributed by atoms with Crippen molar-refractivity contribution in [3.8, 4) is 0 Å². The summed E-state index contributed by atoms with van der Waals surface area (Å²) in [7, 11) is 0. The maximum absolute atomic E-state index is 2.38. The van der Waals surface area contributed by atoms with Gasteiger partial charge in [-0.2, -0.15) is 0 Å². The van der Waals surface area contributed by atoms with Gasteiger partial charge in [0, 0.05) is 0 Å². The van der Waals surface area contributed by atoms with E-state index < -0.39 is 5.41 Å². The predicted molar refractivity (Wildman–Crippen MR) is 169 cm³/mol. The molecule has 188 valence electrons. The summed E-state index contributed by atoms with van der Waals surface area (Å²) in [6.07, 6.45) is 7.85. The van der Waals surface area contributed by atoms with Crippen molar-refractivity contribution in [2.24, 2.45) is 0 Å². The highest BCUT2D eigenvalue weighted by molar-refractivity contribution is 6.13. The van der Waals surface area contributed by atoms with Crippen LogP contribution in [0.4, 0.5) is 0 Å². The quantitative estimate of drug-likeness (QED) is 0.209. The summed E-state index contributed by atoms with van der Waals surface area (Å²) in [4.78, 5) is 0. The van der Waals surface area contributed by atoms with Crippen LogP contribution < -0.4 is 0 Å². The van der Waals surface area contributed by atoms with Gasteiger partial charge < -0.3 is 0 Å². The standard InChI is InChI=1S/C40H28/c1-3-17-30(18-4-1)40(31-19-5-2-6-20-31)36-25-13-11-23-34(36)39(35-24-12-14-26-37(35)40)38-32-21-9-7-15-28(32)27-29-16-8-10-22-33(29)38/h1-23,25-27H,24H2. The largest absolute Gasteiger partial charge is 0.0801 e. The van der Waals surface area contributed by atoms with Crippen LogP contribution in [-0.4, -0.2) is 0 Å². The summed E-state index contributed by atoms with van der Waals surface area (Å²) >= 11 is 0. The average Bonchev–Trinajstić information content (AvgIpc) is 3.04. The van der Waals surface area contributed by atoms with E-state index in [1.165, 1.54) is 66.1 Å². The van der Waals surface area contributed by atoms with E-state index in [1.807, 2.05) is 0 Å². The van der Waals surface area contributed by atoms with E-state index in [2.05, 4.69) is 158 Å². The molecule has 0 fully saturated rings. The van der Waals surface area contributed by atoms with Crippen molar-refractivity contribution in [1.29, 1.82) is 0 Å². The lowest BCUT2D eigenvalue weighted by Gasteiger charge is -2.45. The molecule has 0 amide bonds. The Morgan fingerprint density at radius 3 is 1.73 bits per heavy atom. The van der Waals surface area contributed by atoms with Gasteiger partial charge in [-0.25, -0.2) is 0 Å². The smallest absolute Gasteiger partial charge is 0.0710 e. The molecule has 6 aromatic carbocycles. The van der Waals surface area contributed by atoms with Crippen LogP contribution in [0.1, 0.15) is 34.2 Å². The monoisotopic (exact) mass is 508 g/mol. The second-order valence-electron chi connectivity index (χ2n) is 10.8. The van der Waals surface area contributed by atoms with Crippen LogP contribution in [0.3, 0.4) is 0 Å². The lowest BCUT2D eigenvalue weighted by molar-refractivity contribution is 0.714. The second kappa shape index (κ2) is 9.07. The highest BCUT2D eigenvalue weighted by Crippen LogP contribution is 2.57. The molecule has 0 bridgehead atoms. The number of rotatable bonds is 3. The molecule has 0 N–H and O–H groups in total. The Kier molecular flexibility index (Phi) is 5.21. The molecular formula is C40H28. The number of benzene rings is 6. The highest BCUT2D eigenvalue weighted by Gasteiger charge is 2.47. The van der Waals surface area contributed by atoms with Gasteiger partial charge in [0.2, 0.25) is 0 Å². The molecule has 40 heavy (non-hydrogen) atoms. The molecule has 0 aromatic heterocycles. The van der Waals surface area contributed by atoms with E-state index in [0.29, 0.717) is 0 Å². The van der Waals surface area contributed by atoms with Crippen LogP contribution in [0.25, 0.3) is 27.1 Å². The minimum atomic E-state index is -0.414. The number of hydrogen-bond acceptors (Lipinski definition) is 0. The molecule has 0 nitrogen and oxygen atoms in total. The first-order chi connectivity index (χ1) is 19.9. The third-order valence-electron chi connectivity index (χ3n) is 8.79. The van der Waals surface area contributed by atoms with Gasteiger partial charge in [0.25, 0.3) is 0 Å². The fourth-order valence-corrected chi connectivity index (χ4v) is 7.22. The van der Waals surface area contributed by atoms with Crippen LogP contribution in [0, 0.1) is 0 Å². The summed E-state index contributed by atoms with van der Waals surface area (Å²) in [6.45, 7) is 0. The van der Waals surface area contributed by atoms with Crippen molar-refractivity contribution in [2.45, 2.75) is 11.8 Å². The summed E-state index contributed by atoms with van der Waals surface area (Å²) in [6, 6.07) is 51.4. The summed E-state index contributed by atoms with van der Waals surface area (Å²) < 4.78 is 0. The Morgan fingerprint density at radius 1 is 0.525 bits per heavy atom. The van der Waals surface area contributed by atoms with Gasteiger partial charge in [-0.05, 0) is 78.6 Å². The topological polar surface area (TPSA) is 0 Å². The molecule has 0 saturated carbocycles. The average molecular weight is 509 g/mol. The van der Waals surface area contributed by atoms with Gasteiger partial charge in [0.1, 0.15) is 0 Å². The number of fused-ring (bicyclic) bond motifs is 4. The minimum Gasteiger partial charge on any atom is -0.0801 e. The lowest BCUT2D eigenvalue weighted by atomic mass is 9.56. The number of hydrogen-bond donors (Lipinski definition) is 0. The Morgan fingerprint density at radius 2 is 1.07 bits per heavy atom. The predicted octanol–water partition coefficient (Wildman–Crippen LogP) is 10.0. The van der Waals surface area contributed by atoms with E-state index >= 15 is 0 Å². The van der Waals surface area contributed by atoms with Gasteiger partial charge >= 0.3 is 0 Å². The molecular weight excluding hydrogens is 480 g/mol. The van der Waals surface area contributed by atoms with Crippen molar-refractivity contribution in [3.05, 3.63) is 197 Å². The molecule has 8 rings (SSSR count). The van der Waals surface area contributed by atoms with E-state index in [0.717, 1.165) is 6.42 Å². The lowest BCUT2D eigenvalue weighted by Crippen LogP contribution is -2.37. The fourth-order valence-electron chi connectivity index (χ4n) is 7.22. The van der Waals surface area contributed by atoms with Crippen LogP contribution in [0.2, 0.25) is 0 Å². The third-order valence-corrected chi connectivity index (χ3v) is 8.79. The van der Waals surface area contributed by atoms with Crippen LogP contribution >= 0.6 is 0 Å². The molecule has 6 aromatic rings. The van der Waals surface area contributed by atoms with E-state index in [4.69, 9.17) is 0 Å². The zero-order valence-corrected chi connectivity index (χ0v) is 22.2. The zero-order valence-electron chi connectivity index (χ0n) is 22.2. The Labute approximate surface area is 235 Å². The molecule has 0 heteroatoms. The maximum atomic E-state index is 2.38. The van der Waals surface area contributed by atoms with Crippen molar-refractivity contribution in [3.63, 3.8) is 0 Å². The van der Waals surface area contributed by atoms with E-state index in [9.17, 15) is 0 Å². The molecule has 0 aliphatic heterocycles. The highest BCUT2D eigenvalue weighted by atomic mass is 14.5. The summed E-state index contributed by atoms with van der Waals surface area (Å²) in [5.74, 6) is 0. The minimum absolute atomic E-state index is 0.414. The SMILES string of the molecule is C1=CCC2=C(c3c4ccccc4cc4ccccc34)c3ccccc3C(c3ccccc3)(c3ccccc3)C2=C1. The maximum Gasteiger partial charge on any atom is 0.0710 e. The Bertz CT molecular complexity index is 1910. The summed E-state index contributed by atoms with van der Waals surface area (Å²) in [5.41, 5.74) is 10.3. The van der Waals surface area contributed by atoms with Crippen LogP contribution in [-0.2, 0) is 5.41 Å². The first-order valence-corrected chi connectivity index (χ1v) is 14.1. The molecule has 0 unspecified atom stereocenters. The molecule has 0 heterocycles. The Balaban J connectivity index is 1.58. The second-order valence-corrected chi connectivity index (χ2v) is 10.8. The molecule has 0 radical (unpaired) electrons. The first-order valence-electron chi connectivity index (χ1n) is 14.1. The van der Waals surface area contributed by atoms with E-state index in [-0.39, 0.29) is 0 Å². The van der Waals surface area contributed by atoms with E-state index in [1.54, 1.807) is 0 Å². The van der Waals surface area contributed by atoms with Gasteiger partial charge in [0.15, 0.2) is 0 Å². The van der Waals surface area contributed by atoms with Crippen molar-refractivity contribution < 1.29 is 0 Å². The molecule has 0 atom stereocenters. The molecule has 2 aliphatic rings. The zero-order chi connectivity index (χ0) is 26.5. The van der Waals surface area contributed by atoms with Crippen molar-refractivity contribution in [2.75, 3.05) is 0 Å². The summed E-state index contributed by atoms with van der Waals surface area (Å²) in [5, 5.41) is 5.17. The fraction of sp³-hybridized carbons (Fsp3) is 0.0500. The van der Waals surface area contributed by atoms with Gasteiger partial charge in [-0.1, -0.05) is 152 Å². The van der Waals surface area contributed by atoms with Gasteiger partial charge in [0.05, 0.1) is 5.41 Å². The third kappa shape index (κ3) is 3.20. The Hall–Kier alpha value is -4.94. The van der Waals surface area contributed by atoms with Crippen molar-refractivity contribution in [1.82, 2.24) is 0 Å². The van der Waals surface area contributed by atoms with Crippen molar-refractivity contribution >= 4 is 27.1 Å². The van der Waals surface area contributed by atoms with Crippen LogP contribution in [0.15, 0.2) is 169 Å². The molecule has 0 saturated heterocycles. The molecule has 0 spiro atoms. The van der Waals surface area contributed by atoms with Crippen LogP contribution in [0.5, 0.6) is 0 Å². The molecule has 2 aliphatic carbocycles. The number of allylic oxidation sites excluding steroid dienone is 5. The first kappa shape index (κ1) is 23.0. The van der Waals surface area contributed by atoms with Gasteiger partial charge in [-0.15, -0.1) is 0 Å². The van der Waals surface area contributed by atoms with Gasteiger partial charge in [-0.3, -0.25) is 0 Å². The normalized spacial score (nSPS) is 15.6.